The Bertz CT molecular complexity index is 556. The normalized spacial score (nSPS) is 20.4. The predicted molar refractivity (Wildman–Crippen MR) is 61.8 cm³/mol. The van der Waals surface area contributed by atoms with Crippen LogP contribution in [-0.4, -0.2) is 26.6 Å². The van der Waals surface area contributed by atoms with Gasteiger partial charge in [-0.1, -0.05) is 0 Å². The molecule has 1 unspecified atom stereocenters. The van der Waals surface area contributed by atoms with Crippen LogP contribution in [0, 0.1) is 11.7 Å². The summed E-state index contributed by atoms with van der Waals surface area (Å²) in [5.74, 6) is -1.92. The van der Waals surface area contributed by atoms with Crippen LogP contribution in [-0.2, 0) is 15.0 Å². The minimum atomic E-state index is -4.58. The van der Waals surface area contributed by atoms with Gasteiger partial charge in [-0.3, -0.25) is 4.79 Å². The summed E-state index contributed by atoms with van der Waals surface area (Å²) in [6.45, 7) is 0.133. The molecule has 1 atom stereocenters. The van der Waals surface area contributed by atoms with Crippen LogP contribution in [0.3, 0.4) is 0 Å². The molecule has 1 heterocycles. The molecule has 1 aliphatic heterocycles. The van der Waals surface area contributed by atoms with Gasteiger partial charge in [-0.25, -0.2) is 4.39 Å². The first-order chi connectivity index (χ1) is 8.35. The van der Waals surface area contributed by atoms with Crippen molar-refractivity contribution in [3.05, 3.63) is 30.1 Å². The maximum atomic E-state index is 12.7. The molecule has 98 valence electrons. The number of carbonyl (C=O) groups excluding carboxylic acids is 1. The molecule has 1 aromatic carbocycles. The standard InChI is InChI=1S/C11H11F2NO3S/c12-9-1-3-10(4-2-9)14-6-8(5-11(14)15)7-18(13,16)17/h1-4,8H,5-7H2. The zero-order chi connectivity index (χ0) is 13.3. The van der Waals surface area contributed by atoms with E-state index in [1.807, 2.05) is 0 Å². The molecular formula is C11H11F2NO3S. The van der Waals surface area contributed by atoms with Gasteiger partial charge in [0.05, 0.1) is 5.75 Å². The Balaban J connectivity index is 2.12. The summed E-state index contributed by atoms with van der Waals surface area (Å²) in [7, 11) is -4.58. The van der Waals surface area contributed by atoms with E-state index < -0.39 is 27.7 Å². The third kappa shape index (κ3) is 3.04. The summed E-state index contributed by atoms with van der Waals surface area (Å²) in [5, 5.41) is 0. The number of nitrogens with zero attached hydrogens (tertiary/aromatic N) is 1. The van der Waals surface area contributed by atoms with Crippen LogP contribution >= 0.6 is 0 Å². The monoisotopic (exact) mass is 275 g/mol. The second kappa shape index (κ2) is 4.64. The second-order valence-corrected chi connectivity index (χ2v) is 5.67. The van der Waals surface area contributed by atoms with Gasteiger partial charge in [-0.2, -0.15) is 8.42 Å². The summed E-state index contributed by atoms with van der Waals surface area (Å²) >= 11 is 0. The van der Waals surface area contributed by atoms with Crippen molar-refractivity contribution in [3.63, 3.8) is 0 Å². The summed E-state index contributed by atoms with van der Waals surface area (Å²) in [4.78, 5) is 13.0. The van der Waals surface area contributed by atoms with Gasteiger partial charge in [-0.05, 0) is 24.3 Å². The van der Waals surface area contributed by atoms with Crippen molar-refractivity contribution in [2.75, 3.05) is 17.2 Å². The fourth-order valence-electron chi connectivity index (χ4n) is 2.05. The first-order valence-corrected chi connectivity index (χ1v) is 6.89. The van der Waals surface area contributed by atoms with Crippen LogP contribution in [0.4, 0.5) is 14.0 Å². The number of hydrogen-bond acceptors (Lipinski definition) is 3. The van der Waals surface area contributed by atoms with Crippen molar-refractivity contribution < 1.29 is 21.5 Å². The van der Waals surface area contributed by atoms with Gasteiger partial charge in [0.25, 0.3) is 0 Å². The minimum Gasteiger partial charge on any atom is -0.312 e. The van der Waals surface area contributed by atoms with E-state index in [9.17, 15) is 21.5 Å². The van der Waals surface area contributed by atoms with Gasteiger partial charge in [0.1, 0.15) is 5.82 Å². The Morgan fingerprint density at radius 3 is 2.44 bits per heavy atom. The molecule has 4 nitrogen and oxygen atoms in total. The lowest BCUT2D eigenvalue weighted by molar-refractivity contribution is -0.117. The van der Waals surface area contributed by atoms with E-state index in [1.165, 1.54) is 29.2 Å². The van der Waals surface area contributed by atoms with Crippen LogP contribution in [0.15, 0.2) is 24.3 Å². The molecule has 1 fully saturated rings. The third-order valence-electron chi connectivity index (χ3n) is 2.78. The Hall–Kier alpha value is -1.50. The molecule has 0 aliphatic carbocycles. The highest BCUT2D eigenvalue weighted by Gasteiger charge is 2.33. The average Bonchev–Trinajstić information content (AvgIpc) is 2.58. The van der Waals surface area contributed by atoms with E-state index in [0.717, 1.165) is 0 Å². The molecule has 1 amide bonds. The van der Waals surface area contributed by atoms with E-state index >= 15 is 0 Å². The van der Waals surface area contributed by atoms with Gasteiger partial charge >= 0.3 is 10.2 Å². The summed E-state index contributed by atoms with van der Waals surface area (Å²) in [5.41, 5.74) is 0.486. The zero-order valence-corrected chi connectivity index (χ0v) is 10.2. The van der Waals surface area contributed by atoms with Crippen molar-refractivity contribution >= 4 is 21.8 Å². The lowest BCUT2D eigenvalue weighted by atomic mass is 10.1. The molecule has 0 aromatic heterocycles. The highest BCUT2D eigenvalue weighted by molar-refractivity contribution is 7.86. The fourth-order valence-corrected chi connectivity index (χ4v) is 2.83. The highest BCUT2D eigenvalue weighted by Crippen LogP contribution is 2.26. The largest absolute Gasteiger partial charge is 0.312 e. The zero-order valence-electron chi connectivity index (χ0n) is 9.34. The predicted octanol–water partition coefficient (Wildman–Crippen LogP) is 1.48. The van der Waals surface area contributed by atoms with E-state index in [-0.39, 0.29) is 18.9 Å². The van der Waals surface area contributed by atoms with E-state index in [2.05, 4.69) is 0 Å². The molecular weight excluding hydrogens is 264 g/mol. The van der Waals surface area contributed by atoms with Crippen molar-refractivity contribution in [3.8, 4) is 0 Å². The number of anilines is 1. The Morgan fingerprint density at radius 2 is 1.89 bits per heavy atom. The van der Waals surface area contributed by atoms with Crippen molar-refractivity contribution in [2.45, 2.75) is 6.42 Å². The summed E-state index contributed by atoms with van der Waals surface area (Å²) in [6, 6.07) is 5.28. The molecule has 0 spiro atoms. The van der Waals surface area contributed by atoms with E-state index in [0.29, 0.717) is 5.69 Å². The lowest BCUT2D eigenvalue weighted by Gasteiger charge is -2.16. The Morgan fingerprint density at radius 1 is 1.28 bits per heavy atom. The molecule has 0 radical (unpaired) electrons. The van der Waals surface area contributed by atoms with Gasteiger partial charge in [0.2, 0.25) is 5.91 Å². The topological polar surface area (TPSA) is 54.5 Å². The molecule has 2 rings (SSSR count). The van der Waals surface area contributed by atoms with Crippen LogP contribution in [0.1, 0.15) is 6.42 Å². The number of halogens is 2. The van der Waals surface area contributed by atoms with Gasteiger partial charge < -0.3 is 4.90 Å². The Kier molecular flexibility index (Phi) is 3.34. The number of rotatable bonds is 3. The molecule has 18 heavy (non-hydrogen) atoms. The third-order valence-corrected chi connectivity index (χ3v) is 3.65. The average molecular weight is 275 g/mol. The van der Waals surface area contributed by atoms with Crippen LogP contribution in [0.2, 0.25) is 0 Å². The first kappa shape index (κ1) is 12.9. The van der Waals surface area contributed by atoms with Gasteiger partial charge in [0, 0.05) is 24.6 Å². The summed E-state index contributed by atoms with van der Waals surface area (Å²) in [6.07, 6.45) is -0.0134. The van der Waals surface area contributed by atoms with Crippen molar-refractivity contribution in [2.24, 2.45) is 5.92 Å². The second-order valence-electron chi connectivity index (χ2n) is 4.26. The maximum Gasteiger partial charge on any atom is 0.302 e. The molecule has 0 saturated carbocycles. The lowest BCUT2D eigenvalue weighted by Crippen LogP contribution is -2.25. The van der Waals surface area contributed by atoms with Crippen LogP contribution in [0.5, 0.6) is 0 Å². The molecule has 1 saturated heterocycles. The van der Waals surface area contributed by atoms with Crippen LogP contribution < -0.4 is 4.90 Å². The minimum absolute atomic E-state index is 0.0134. The maximum absolute atomic E-state index is 12.7. The van der Waals surface area contributed by atoms with Gasteiger partial charge in [-0.15, -0.1) is 3.89 Å². The van der Waals surface area contributed by atoms with Crippen molar-refractivity contribution in [1.82, 2.24) is 0 Å². The molecule has 0 bridgehead atoms. The fraction of sp³-hybridized carbons (Fsp3) is 0.364. The van der Waals surface area contributed by atoms with E-state index in [4.69, 9.17) is 0 Å². The molecule has 1 aliphatic rings. The highest BCUT2D eigenvalue weighted by atomic mass is 32.3. The molecule has 0 N–H and O–H groups in total. The number of hydrogen-bond donors (Lipinski definition) is 0. The summed E-state index contributed by atoms with van der Waals surface area (Å²) < 4.78 is 46.4. The first-order valence-electron chi connectivity index (χ1n) is 5.33. The number of benzene rings is 1. The molecule has 1 aromatic rings. The van der Waals surface area contributed by atoms with Crippen molar-refractivity contribution in [1.29, 1.82) is 0 Å². The number of amides is 1. The Labute approximate surface area is 103 Å². The smallest absolute Gasteiger partial charge is 0.302 e. The molecule has 7 heteroatoms. The van der Waals surface area contributed by atoms with Crippen LogP contribution in [0.25, 0.3) is 0 Å². The van der Waals surface area contributed by atoms with E-state index in [1.54, 1.807) is 0 Å². The SMILES string of the molecule is O=C1CC(CS(=O)(=O)F)CN1c1ccc(F)cc1. The quantitative estimate of drug-likeness (QED) is 0.785. The van der Waals surface area contributed by atoms with Gasteiger partial charge in [0.15, 0.2) is 0 Å². The number of carbonyl (C=O) groups is 1.